The molecule has 0 aromatic heterocycles. The van der Waals surface area contributed by atoms with Crippen LogP contribution in [0.25, 0.3) is 0 Å². The molecule has 0 radical (unpaired) electrons. The molecule has 1 atom stereocenters. The van der Waals surface area contributed by atoms with Gasteiger partial charge in [-0.2, -0.15) is 0 Å². The first kappa shape index (κ1) is 17.0. The van der Waals surface area contributed by atoms with Crippen LogP contribution < -0.4 is 0 Å². The first-order chi connectivity index (χ1) is 11.9. The van der Waals surface area contributed by atoms with Gasteiger partial charge in [0.05, 0.1) is 5.60 Å². The standard InChI is InChI=1S/C21H30N2O2/c1-14-4-5-17(10-15(14)2)20(24)22(3)11-19(16-6-7-16)23-12-21(25,13-23)18-8-9-18/h4-5,10,16,18-19,25H,6-9,11-13H2,1-3H3. The normalized spacial score (nSPS) is 23.8. The zero-order valence-corrected chi connectivity index (χ0v) is 15.7. The van der Waals surface area contributed by atoms with Crippen LogP contribution in [-0.2, 0) is 0 Å². The Labute approximate surface area is 150 Å². The molecule has 1 saturated heterocycles. The molecule has 1 N–H and O–H groups in total. The third-order valence-electron chi connectivity index (χ3n) is 6.49. The van der Waals surface area contributed by atoms with Gasteiger partial charge in [0.25, 0.3) is 5.91 Å². The SMILES string of the molecule is Cc1ccc(C(=O)N(C)CC(C2CC2)N2CC(O)(C3CC3)C2)cc1C. The van der Waals surface area contributed by atoms with Gasteiger partial charge < -0.3 is 10.0 Å². The molecule has 1 aliphatic heterocycles. The molecule has 4 heteroatoms. The van der Waals surface area contributed by atoms with Crippen molar-refractivity contribution in [3.63, 3.8) is 0 Å². The zero-order chi connectivity index (χ0) is 17.8. The molecule has 1 unspecified atom stereocenters. The van der Waals surface area contributed by atoms with Crippen molar-refractivity contribution in [1.82, 2.24) is 9.80 Å². The van der Waals surface area contributed by atoms with Gasteiger partial charge in [-0.05, 0) is 74.6 Å². The average molecular weight is 342 g/mol. The van der Waals surface area contributed by atoms with Crippen LogP contribution in [0.4, 0.5) is 0 Å². The molecule has 1 amide bonds. The highest BCUT2D eigenvalue weighted by Crippen LogP contribution is 2.47. The number of likely N-dealkylation sites (N-methyl/N-ethyl adjacent to an activating group) is 1. The van der Waals surface area contributed by atoms with Gasteiger partial charge in [0.1, 0.15) is 0 Å². The minimum atomic E-state index is -0.441. The van der Waals surface area contributed by atoms with Crippen LogP contribution in [0.2, 0.25) is 0 Å². The van der Waals surface area contributed by atoms with Gasteiger partial charge in [0.2, 0.25) is 0 Å². The largest absolute Gasteiger partial charge is 0.387 e. The molecule has 2 saturated carbocycles. The van der Waals surface area contributed by atoms with Crippen molar-refractivity contribution >= 4 is 5.91 Å². The van der Waals surface area contributed by atoms with Crippen molar-refractivity contribution in [2.45, 2.75) is 51.2 Å². The maximum Gasteiger partial charge on any atom is 0.253 e. The van der Waals surface area contributed by atoms with Crippen molar-refractivity contribution in [3.05, 3.63) is 34.9 Å². The number of hydrogen-bond donors (Lipinski definition) is 1. The lowest BCUT2D eigenvalue weighted by atomic mass is 9.86. The smallest absolute Gasteiger partial charge is 0.253 e. The maximum absolute atomic E-state index is 12.8. The number of nitrogens with zero attached hydrogens (tertiary/aromatic N) is 2. The zero-order valence-electron chi connectivity index (χ0n) is 15.7. The molecular formula is C21H30N2O2. The average Bonchev–Trinajstić information content (AvgIpc) is 3.43. The van der Waals surface area contributed by atoms with Gasteiger partial charge in [-0.1, -0.05) is 6.07 Å². The summed E-state index contributed by atoms with van der Waals surface area (Å²) in [5, 5.41) is 10.6. The van der Waals surface area contributed by atoms with E-state index in [9.17, 15) is 9.90 Å². The van der Waals surface area contributed by atoms with Gasteiger partial charge in [-0.25, -0.2) is 0 Å². The molecule has 1 aromatic rings. The highest BCUT2D eigenvalue weighted by Gasteiger charge is 2.55. The Morgan fingerprint density at radius 1 is 1.24 bits per heavy atom. The Kier molecular flexibility index (Phi) is 4.16. The molecule has 4 rings (SSSR count). The van der Waals surface area contributed by atoms with E-state index in [0.717, 1.165) is 30.8 Å². The van der Waals surface area contributed by atoms with Crippen LogP contribution in [0.1, 0.15) is 47.2 Å². The Balaban J connectivity index is 1.40. The molecule has 1 heterocycles. The molecule has 0 bridgehead atoms. The predicted molar refractivity (Wildman–Crippen MR) is 98.6 cm³/mol. The summed E-state index contributed by atoms with van der Waals surface area (Å²) in [7, 11) is 1.92. The van der Waals surface area contributed by atoms with E-state index in [2.05, 4.69) is 18.7 Å². The highest BCUT2D eigenvalue weighted by atomic mass is 16.3. The lowest BCUT2D eigenvalue weighted by Crippen LogP contribution is -2.67. The van der Waals surface area contributed by atoms with Crippen LogP contribution in [0, 0.1) is 25.7 Å². The van der Waals surface area contributed by atoms with E-state index in [4.69, 9.17) is 0 Å². The monoisotopic (exact) mass is 342 g/mol. The quantitative estimate of drug-likeness (QED) is 0.864. The Morgan fingerprint density at radius 2 is 1.92 bits per heavy atom. The fourth-order valence-electron chi connectivity index (χ4n) is 4.27. The highest BCUT2D eigenvalue weighted by molar-refractivity contribution is 5.94. The van der Waals surface area contributed by atoms with E-state index in [1.165, 1.54) is 31.2 Å². The van der Waals surface area contributed by atoms with Gasteiger partial charge in [0, 0.05) is 38.3 Å². The van der Waals surface area contributed by atoms with Crippen LogP contribution in [-0.4, -0.2) is 59.1 Å². The van der Waals surface area contributed by atoms with E-state index in [-0.39, 0.29) is 5.91 Å². The van der Waals surface area contributed by atoms with Crippen LogP contribution in [0.15, 0.2) is 18.2 Å². The molecule has 1 aromatic carbocycles. The summed E-state index contributed by atoms with van der Waals surface area (Å²) in [5.74, 6) is 1.32. The second-order valence-electron chi connectivity index (χ2n) is 8.67. The number of rotatable bonds is 6. The summed E-state index contributed by atoms with van der Waals surface area (Å²) >= 11 is 0. The van der Waals surface area contributed by atoms with E-state index in [0.29, 0.717) is 17.9 Å². The molecule has 3 fully saturated rings. The molecule has 25 heavy (non-hydrogen) atoms. The molecule has 0 spiro atoms. The molecular weight excluding hydrogens is 312 g/mol. The fourth-order valence-corrected chi connectivity index (χ4v) is 4.27. The number of β-amino-alcohol motifs (C(OH)–C–C–N with tert-alkyl or cyclic N) is 1. The van der Waals surface area contributed by atoms with Gasteiger partial charge in [0.15, 0.2) is 0 Å². The first-order valence-electron chi connectivity index (χ1n) is 9.66. The number of amides is 1. The van der Waals surface area contributed by atoms with Crippen LogP contribution >= 0.6 is 0 Å². The van der Waals surface area contributed by atoms with Crippen LogP contribution in [0.3, 0.4) is 0 Å². The number of aliphatic hydroxyl groups is 1. The van der Waals surface area contributed by atoms with Crippen LogP contribution in [0.5, 0.6) is 0 Å². The summed E-state index contributed by atoms with van der Waals surface area (Å²) < 4.78 is 0. The Hall–Kier alpha value is -1.39. The van der Waals surface area contributed by atoms with Gasteiger partial charge in [-0.15, -0.1) is 0 Å². The van der Waals surface area contributed by atoms with Crippen molar-refractivity contribution in [2.75, 3.05) is 26.7 Å². The summed E-state index contributed by atoms with van der Waals surface area (Å²) in [6.07, 6.45) is 4.89. The predicted octanol–water partition coefficient (Wildman–Crippen LogP) is 2.61. The van der Waals surface area contributed by atoms with Crippen molar-refractivity contribution in [1.29, 1.82) is 0 Å². The molecule has 4 nitrogen and oxygen atoms in total. The lowest BCUT2D eigenvalue weighted by Gasteiger charge is -2.51. The van der Waals surface area contributed by atoms with E-state index in [1.807, 2.05) is 30.1 Å². The van der Waals surface area contributed by atoms with E-state index >= 15 is 0 Å². The number of aryl methyl sites for hydroxylation is 2. The van der Waals surface area contributed by atoms with Crippen molar-refractivity contribution in [3.8, 4) is 0 Å². The minimum Gasteiger partial charge on any atom is -0.387 e. The van der Waals surface area contributed by atoms with E-state index in [1.54, 1.807) is 0 Å². The summed E-state index contributed by atoms with van der Waals surface area (Å²) in [4.78, 5) is 17.1. The topological polar surface area (TPSA) is 43.8 Å². The van der Waals surface area contributed by atoms with E-state index < -0.39 is 5.60 Å². The van der Waals surface area contributed by atoms with Gasteiger partial charge in [-0.3, -0.25) is 9.69 Å². The second-order valence-corrected chi connectivity index (χ2v) is 8.67. The minimum absolute atomic E-state index is 0.103. The lowest BCUT2D eigenvalue weighted by molar-refractivity contribution is -0.133. The van der Waals surface area contributed by atoms with Crippen molar-refractivity contribution < 1.29 is 9.90 Å². The molecule has 136 valence electrons. The third kappa shape index (κ3) is 3.34. The summed E-state index contributed by atoms with van der Waals surface area (Å²) in [5.41, 5.74) is 2.72. The molecule has 3 aliphatic rings. The van der Waals surface area contributed by atoms with Gasteiger partial charge >= 0.3 is 0 Å². The molecule has 2 aliphatic carbocycles. The number of carbonyl (C=O) groups is 1. The first-order valence-corrected chi connectivity index (χ1v) is 9.66. The number of hydrogen-bond acceptors (Lipinski definition) is 3. The summed E-state index contributed by atoms with van der Waals surface area (Å²) in [6.45, 7) is 6.48. The maximum atomic E-state index is 12.8. The fraction of sp³-hybridized carbons (Fsp3) is 0.667. The summed E-state index contributed by atoms with van der Waals surface area (Å²) in [6, 6.07) is 6.36. The van der Waals surface area contributed by atoms with Crippen molar-refractivity contribution in [2.24, 2.45) is 11.8 Å². The Morgan fingerprint density at radius 3 is 2.48 bits per heavy atom. The Bertz CT molecular complexity index is 672. The third-order valence-corrected chi connectivity index (χ3v) is 6.49. The second kappa shape index (κ2) is 6.10. The number of likely N-dealkylation sites (tertiary alicyclic amines) is 1. The number of carbonyl (C=O) groups excluding carboxylic acids is 1. The number of benzene rings is 1.